The molecule has 0 saturated heterocycles. The maximum absolute atomic E-state index is 14.3. The van der Waals surface area contributed by atoms with Crippen molar-refractivity contribution in [3.63, 3.8) is 0 Å². The van der Waals surface area contributed by atoms with Crippen molar-refractivity contribution in [1.82, 2.24) is 24.3 Å². The summed E-state index contributed by atoms with van der Waals surface area (Å²) in [7, 11) is 3.35. The number of fused-ring (bicyclic) bond motifs is 1. The summed E-state index contributed by atoms with van der Waals surface area (Å²) >= 11 is 0. The van der Waals surface area contributed by atoms with Crippen LogP contribution < -0.4 is 20.1 Å². The number of benzene rings is 3. The summed E-state index contributed by atoms with van der Waals surface area (Å²) < 4.78 is 57.4. The minimum absolute atomic E-state index is 0.0661. The summed E-state index contributed by atoms with van der Waals surface area (Å²) in [6.07, 6.45) is 0.352. The van der Waals surface area contributed by atoms with Crippen molar-refractivity contribution in [2.75, 3.05) is 17.7 Å². The molecule has 6 aromatic rings. The molecular formula is C34H30F3N7O3. The number of nitrogens with one attached hydrogen (secondary N) is 2. The van der Waals surface area contributed by atoms with E-state index in [9.17, 15) is 18.0 Å². The van der Waals surface area contributed by atoms with E-state index >= 15 is 0 Å². The third-order valence-electron chi connectivity index (χ3n) is 7.38. The molecule has 0 aliphatic carbocycles. The van der Waals surface area contributed by atoms with E-state index in [1.165, 1.54) is 19.2 Å². The molecule has 0 fully saturated rings. The molecule has 2 N–H and O–H groups in total. The molecule has 1 amide bonds. The fourth-order valence-corrected chi connectivity index (χ4v) is 5.13. The second kappa shape index (κ2) is 12.9. The smallest absolute Gasteiger partial charge is 0.416 e. The quantitative estimate of drug-likeness (QED) is 0.161. The number of halogens is 3. The van der Waals surface area contributed by atoms with E-state index < -0.39 is 11.7 Å². The van der Waals surface area contributed by atoms with E-state index in [0.717, 1.165) is 17.4 Å². The number of hydrogen-bond donors (Lipinski definition) is 2. The number of rotatable bonds is 10. The number of carbonyl (C=O) groups excluding carboxylic acids is 1. The summed E-state index contributed by atoms with van der Waals surface area (Å²) in [5.74, 6) is 2.17. The molecule has 240 valence electrons. The zero-order valence-electron chi connectivity index (χ0n) is 25.7. The van der Waals surface area contributed by atoms with Gasteiger partial charge < -0.3 is 24.7 Å². The van der Waals surface area contributed by atoms with E-state index in [1.54, 1.807) is 72.2 Å². The van der Waals surface area contributed by atoms with Gasteiger partial charge in [-0.3, -0.25) is 9.48 Å². The van der Waals surface area contributed by atoms with Crippen molar-refractivity contribution < 1.29 is 27.4 Å². The third-order valence-corrected chi connectivity index (χ3v) is 7.38. The lowest BCUT2D eigenvalue weighted by molar-refractivity contribution is -0.138. The number of anilines is 3. The minimum atomic E-state index is -4.57. The number of aromatic nitrogens is 5. The van der Waals surface area contributed by atoms with Crippen molar-refractivity contribution in [2.24, 2.45) is 7.05 Å². The van der Waals surface area contributed by atoms with Gasteiger partial charge in [0.2, 0.25) is 11.9 Å². The van der Waals surface area contributed by atoms with Crippen LogP contribution in [0.3, 0.4) is 0 Å². The van der Waals surface area contributed by atoms with Gasteiger partial charge in [0.25, 0.3) is 0 Å². The van der Waals surface area contributed by atoms with Crippen LogP contribution in [0.4, 0.5) is 30.6 Å². The number of carbonyl (C=O) groups is 1. The van der Waals surface area contributed by atoms with Crippen molar-refractivity contribution in [1.29, 1.82) is 0 Å². The average molecular weight is 642 g/mol. The predicted molar refractivity (Wildman–Crippen MR) is 171 cm³/mol. The van der Waals surface area contributed by atoms with E-state index in [2.05, 4.69) is 25.7 Å². The van der Waals surface area contributed by atoms with Crippen molar-refractivity contribution in [3.05, 3.63) is 114 Å². The van der Waals surface area contributed by atoms with Crippen LogP contribution in [-0.2, 0) is 31.0 Å². The Kier molecular flexibility index (Phi) is 8.53. The number of alkyl halides is 3. The number of aryl methyl sites for hydroxylation is 1. The summed E-state index contributed by atoms with van der Waals surface area (Å²) in [5, 5.41) is 9.99. The van der Waals surface area contributed by atoms with Gasteiger partial charge in [-0.15, -0.1) is 0 Å². The molecule has 6 rings (SSSR count). The molecule has 0 unspecified atom stereocenters. The molecule has 3 heterocycles. The van der Waals surface area contributed by atoms with Gasteiger partial charge in [-0.1, -0.05) is 18.2 Å². The van der Waals surface area contributed by atoms with Crippen LogP contribution in [0.5, 0.6) is 17.2 Å². The fraction of sp³-hybridized carbons (Fsp3) is 0.176. The van der Waals surface area contributed by atoms with Crippen molar-refractivity contribution in [2.45, 2.75) is 26.1 Å². The van der Waals surface area contributed by atoms with Crippen LogP contribution in [0.2, 0.25) is 0 Å². The van der Waals surface area contributed by atoms with Gasteiger partial charge in [0.05, 0.1) is 36.4 Å². The fourth-order valence-electron chi connectivity index (χ4n) is 5.13. The van der Waals surface area contributed by atoms with E-state index in [0.29, 0.717) is 46.4 Å². The first-order valence-electron chi connectivity index (χ1n) is 14.5. The zero-order chi connectivity index (χ0) is 33.1. The lowest BCUT2D eigenvalue weighted by atomic mass is 10.0. The van der Waals surface area contributed by atoms with Crippen molar-refractivity contribution in [3.8, 4) is 17.2 Å². The molecule has 3 aromatic heterocycles. The summed E-state index contributed by atoms with van der Waals surface area (Å²) in [4.78, 5) is 20.0. The summed E-state index contributed by atoms with van der Waals surface area (Å²) in [6, 6.07) is 20.2. The molecule has 0 spiro atoms. The standard InChI is InChI=1S/C34H30F3N7O3/c1-21(45)40-32-17-28(12-13-38-32)47-27-10-11-30-31(16-27)43(2)33(42-30)41-25-7-6-24(29(15-25)34(35,36)37)14-23-18-39-44(20-23)19-22-4-8-26(46-3)9-5-22/h4-13,15-18,20H,14,19H2,1-3H3,(H,41,42)(H,38,40,45). The van der Waals surface area contributed by atoms with Crippen LogP contribution in [0.1, 0.15) is 29.2 Å². The Balaban J connectivity index is 1.19. The van der Waals surface area contributed by atoms with Gasteiger partial charge in [-0.25, -0.2) is 9.97 Å². The lowest BCUT2D eigenvalue weighted by Gasteiger charge is -2.15. The first kappa shape index (κ1) is 31.1. The van der Waals surface area contributed by atoms with Crippen LogP contribution in [0.25, 0.3) is 11.0 Å². The number of methoxy groups -OCH3 is 1. The molecule has 47 heavy (non-hydrogen) atoms. The Bertz CT molecular complexity index is 2050. The normalized spacial score (nSPS) is 11.4. The highest BCUT2D eigenvalue weighted by atomic mass is 19.4. The number of nitrogens with zero attached hydrogens (tertiary/aromatic N) is 5. The molecular weight excluding hydrogens is 611 g/mol. The lowest BCUT2D eigenvalue weighted by Crippen LogP contribution is -2.10. The second-order valence-electron chi connectivity index (χ2n) is 10.9. The highest BCUT2D eigenvalue weighted by molar-refractivity contribution is 5.87. The third kappa shape index (κ3) is 7.35. The average Bonchev–Trinajstić information content (AvgIpc) is 3.60. The maximum Gasteiger partial charge on any atom is 0.416 e. The maximum atomic E-state index is 14.3. The van der Waals surface area contributed by atoms with Gasteiger partial charge in [0.1, 0.15) is 23.1 Å². The highest BCUT2D eigenvalue weighted by Gasteiger charge is 2.33. The van der Waals surface area contributed by atoms with E-state index in [1.807, 2.05) is 24.3 Å². The summed E-state index contributed by atoms with van der Waals surface area (Å²) in [6.45, 7) is 1.87. The van der Waals surface area contributed by atoms with E-state index in [4.69, 9.17) is 9.47 Å². The molecule has 0 aliphatic heterocycles. The highest BCUT2D eigenvalue weighted by Crippen LogP contribution is 2.36. The first-order chi connectivity index (χ1) is 22.5. The Hall–Kier alpha value is -5.85. The molecule has 0 atom stereocenters. The molecule has 3 aromatic carbocycles. The number of pyridine rings is 1. The monoisotopic (exact) mass is 641 g/mol. The SMILES string of the molecule is COc1ccc(Cn2cc(Cc3ccc(Nc4nc5ccc(Oc6ccnc(NC(C)=O)c6)cc5n4C)cc3C(F)(F)F)cn2)cc1. The van der Waals surface area contributed by atoms with Crippen LogP contribution in [0, 0.1) is 0 Å². The Morgan fingerprint density at radius 2 is 1.70 bits per heavy atom. The van der Waals surface area contributed by atoms with Gasteiger partial charge >= 0.3 is 6.18 Å². The number of imidazole rings is 1. The zero-order valence-corrected chi connectivity index (χ0v) is 25.7. The molecule has 10 nitrogen and oxygen atoms in total. The first-order valence-corrected chi connectivity index (χ1v) is 14.5. The molecule has 0 radical (unpaired) electrons. The van der Waals surface area contributed by atoms with Gasteiger partial charge in [-0.2, -0.15) is 18.3 Å². The number of amides is 1. The minimum Gasteiger partial charge on any atom is -0.497 e. The van der Waals surface area contributed by atoms with Crippen LogP contribution in [0.15, 0.2) is 91.4 Å². The predicted octanol–water partition coefficient (Wildman–Crippen LogP) is 7.33. The van der Waals surface area contributed by atoms with Gasteiger partial charge in [0, 0.05) is 50.6 Å². The topological polar surface area (TPSA) is 108 Å². The Morgan fingerprint density at radius 1 is 0.936 bits per heavy atom. The number of ether oxygens (including phenoxy) is 2. The van der Waals surface area contributed by atoms with E-state index in [-0.39, 0.29) is 23.6 Å². The number of hydrogen-bond acceptors (Lipinski definition) is 7. The largest absolute Gasteiger partial charge is 0.497 e. The van der Waals surface area contributed by atoms with Crippen molar-refractivity contribution >= 4 is 34.4 Å². The molecule has 0 aliphatic rings. The van der Waals surface area contributed by atoms with Crippen LogP contribution >= 0.6 is 0 Å². The molecule has 0 bridgehead atoms. The molecule has 13 heteroatoms. The molecule has 0 saturated carbocycles. The summed E-state index contributed by atoms with van der Waals surface area (Å²) in [5.41, 5.74) is 2.61. The second-order valence-corrected chi connectivity index (χ2v) is 10.9. The van der Waals surface area contributed by atoms with Gasteiger partial charge in [-0.05, 0) is 59.2 Å². The van der Waals surface area contributed by atoms with Crippen LogP contribution in [-0.4, -0.2) is 37.3 Å². The van der Waals surface area contributed by atoms with Gasteiger partial charge in [0.15, 0.2) is 0 Å². The Labute approximate surface area is 267 Å². The Morgan fingerprint density at radius 3 is 2.45 bits per heavy atom.